The minimum Gasteiger partial charge on any atom is -0.506 e. The molecule has 1 aromatic heterocycles. The zero-order valence-electron chi connectivity index (χ0n) is 28.6. The van der Waals surface area contributed by atoms with Crippen LogP contribution in [0.15, 0.2) is 46.1 Å². The first-order chi connectivity index (χ1) is 25.1. The number of carbonyl (C=O) groups is 3. The van der Waals surface area contributed by atoms with Crippen LogP contribution in [0.4, 0.5) is 26.3 Å². The molecule has 0 aliphatic heterocycles. The molecule has 3 aromatic rings. The Kier molecular flexibility index (Phi) is 17.9. The molecule has 0 atom stereocenters. The van der Waals surface area contributed by atoms with Gasteiger partial charge in [-0.1, -0.05) is 48.8 Å². The van der Waals surface area contributed by atoms with E-state index in [1.165, 1.54) is 18.6 Å². The molecule has 0 spiro atoms. The largest absolute Gasteiger partial charge is 0.506 e. The quantitative estimate of drug-likeness (QED) is 0.0916. The third-order valence-corrected chi connectivity index (χ3v) is 9.81. The summed E-state index contributed by atoms with van der Waals surface area (Å²) in [6.45, 7) is 3.32. The highest BCUT2D eigenvalue weighted by atomic mass is 32.2. The van der Waals surface area contributed by atoms with Gasteiger partial charge in [0.15, 0.2) is 0 Å². The standard InChI is InChI=1S/C28H39N5O5S2.2C2HF3O2/c29-40(37,38)23-9-6-20(7-10-23)12-15-30-17-14-25(35)33(22-4-2-1-3-5-22)19-18-31-16-13-21-8-11-24(34)26-27(21)39-28(36)32-26;2*3-2(4,5)1(6)7/h6-11,22,30-31,34H,1-5,12-19H2,(H,32,36)(H2,29,37,38);2*(H,6,7). The van der Waals surface area contributed by atoms with Crippen LogP contribution in [0.25, 0.3) is 10.2 Å². The molecular weight excluding hydrogens is 777 g/mol. The number of phenols is 1. The lowest BCUT2D eigenvalue weighted by molar-refractivity contribution is -0.193. The van der Waals surface area contributed by atoms with E-state index in [9.17, 15) is 49.5 Å². The van der Waals surface area contributed by atoms with Crippen LogP contribution in [0.3, 0.4) is 0 Å². The van der Waals surface area contributed by atoms with E-state index in [2.05, 4.69) is 20.5 Å². The highest BCUT2D eigenvalue weighted by molar-refractivity contribution is 7.89. The fourth-order valence-corrected chi connectivity index (χ4v) is 6.68. The van der Waals surface area contributed by atoms with Gasteiger partial charge in [-0.15, -0.1) is 0 Å². The summed E-state index contributed by atoms with van der Waals surface area (Å²) in [5.41, 5.74) is 2.50. The van der Waals surface area contributed by atoms with Gasteiger partial charge in [0.25, 0.3) is 0 Å². The molecule has 2 aromatic carbocycles. The van der Waals surface area contributed by atoms with Crippen molar-refractivity contribution in [1.29, 1.82) is 0 Å². The predicted octanol–water partition coefficient (Wildman–Crippen LogP) is 3.73. The Morgan fingerprint density at radius 3 is 1.93 bits per heavy atom. The number of amides is 1. The molecule has 1 aliphatic carbocycles. The van der Waals surface area contributed by atoms with E-state index in [-0.39, 0.29) is 27.5 Å². The normalized spacial score (nSPS) is 13.7. The van der Waals surface area contributed by atoms with Crippen molar-refractivity contribution >= 4 is 49.4 Å². The predicted molar refractivity (Wildman–Crippen MR) is 186 cm³/mol. The number of H-pyrrole nitrogens is 1. The van der Waals surface area contributed by atoms with Crippen LogP contribution >= 0.6 is 11.3 Å². The van der Waals surface area contributed by atoms with Crippen molar-refractivity contribution in [1.82, 2.24) is 20.5 Å². The average Bonchev–Trinajstić information content (AvgIpc) is 3.49. The van der Waals surface area contributed by atoms with Crippen molar-refractivity contribution in [2.24, 2.45) is 5.14 Å². The summed E-state index contributed by atoms with van der Waals surface area (Å²) in [7, 11) is -3.69. The monoisotopic (exact) mass is 817 g/mol. The van der Waals surface area contributed by atoms with Crippen molar-refractivity contribution in [3.63, 3.8) is 0 Å². The lowest BCUT2D eigenvalue weighted by Crippen LogP contribution is -2.45. The number of aromatic nitrogens is 1. The van der Waals surface area contributed by atoms with Crippen molar-refractivity contribution in [2.45, 2.75) is 74.7 Å². The average molecular weight is 818 g/mol. The van der Waals surface area contributed by atoms with E-state index in [0.29, 0.717) is 44.7 Å². The summed E-state index contributed by atoms with van der Waals surface area (Å²) in [5.74, 6) is -5.27. The highest BCUT2D eigenvalue weighted by Gasteiger charge is 2.39. The molecule has 0 bridgehead atoms. The minimum absolute atomic E-state index is 0.0833. The Morgan fingerprint density at radius 2 is 1.39 bits per heavy atom. The third kappa shape index (κ3) is 16.0. The number of nitrogens with zero attached hydrogens (tertiary/aromatic N) is 1. The number of hydrogen-bond acceptors (Lipinski definition) is 10. The number of sulfonamides is 1. The van der Waals surface area contributed by atoms with Gasteiger partial charge in [-0.25, -0.2) is 23.1 Å². The summed E-state index contributed by atoms with van der Waals surface area (Å²) < 4.78 is 87.1. The van der Waals surface area contributed by atoms with Gasteiger partial charge in [0, 0.05) is 32.1 Å². The number of nitrogens with one attached hydrogen (secondary N) is 3. The van der Waals surface area contributed by atoms with Crippen molar-refractivity contribution in [3.8, 4) is 5.75 Å². The van der Waals surface area contributed by atoms with Gasteiger partial charge in [0.1, 0.15) is 11.3 Å². The van der Waals surface area contributed by atoms with Crippen molar-refractivity contribution < 1.29 is 64.5 Å². The molecule has 22 heteroatoms. The number of phenolic OH excluding ortho intramolecular Hbond substituents is 1. The first kappa shape index (κ1) is 45.9. The van der Waals surface area contributed by atoms with Crippen LogP contribution < -0.4 is 20.6 Å². The maximum Gasteiger partial charge on any atom is 0.490 e. The molecule has 8 N–H and O–H groups in total. The molecule has 0 radical (unpaired) electrons. The number of rotatable bonds is 14. The number of carbonyl (C=O) groups excluding carboxylic acids is 1. The van der Waals surface area contributed by atoms with Crippen LogP contribution in [-0.4, -0.2) is 103 Å². The maximum atomic E-state index is 13.2. The van der Waals surface area contributed by atoms with Crippen LogP contribution in [0.1, 0.15) is 49.7 Å². The van der Waals surface area contributed by atoms with Gasteiger partial charge < -0.3 is 35.8 Å². The zero-order valence-corrected chi connectivity index (χ0v) is 30.3. The molecule has 1 amide bonds. The second-order valence-corrected chi connectivity index (χ2v) is 14.4. The van der Waals surface area contributed by atoms with E-state index in [1.54, 1.807) is 18.2 Å². The Labute approximate surface area is 309 Å². The second kappa shape index (κ2) is 21.0. The molecule has 0 unspecified atom stereocenters. The lowest BCUT2D eigenvalue weighted by Gasteiger charge is -2.34. The summed E-state index contributed by atoms with van der Waals surface area (Å²) in [5, 5.41) is 36.2. The van der Waals surface area contributed by atoms with E-state index in [4.69, 9.17) is 24.9 Å². The van der Waals surface area contributed by atoms with Crippen LogP contribution in [0.2, 0.25) is 0 Å². The van der Waals surface area contributed by atoms with Crippen LogP contribution in [-0.2, 0) is 37.2 Å². The van der Waals surface area contributed by atoms with E-state index in [1.807, 2.05) is 6.07 Å². The number of fused-ring (bicyclic) bond motifs is 1. The number of aliphatic carboxylic acids is 2. The maximum absolute atomic E-state index is 13.2. The van der Waals surface area contributed by atoms with E-state index < -0.39 is 34.3 Å². The first-order valence-corrected chi connectivity index (χ1v) is 18.7. The number of nitrogens with two attached hydrogens (primary N) is 1. The number of hydrogen-bond donors (Lipinski definition) is 7. The smallest absolute Gasteiger partial charge is 0.490 e. The van der Waals surface area contributed by atoms with Crippen LogP contribution in [0.5, 0.6) is 5.75 Å². The SMILES string of the molecule is NS(=O)(=O)c1ccc(CCNCCC(=O)N(CCNCCc2ccc(O)c3[nH]c(=O)sc23)C2CCCCC2)cc1.O=C(O)C(F)(F)F.O=C(O)C(F)(F)F. The topological polar surface area (TPSA) is 232 Å². The number of halogens is 6. The number of benzene rings is 2. The van der Waals surface area contributed by atoms with Gasteiger partial charge in [-0.05, 0) is 68.1 Å². The molecule has 1 fully saturated rings. The van der Waals surface area contributed by atoms with Gasteiger partial charge >= 0.3 is 29.2 Å². The Hall–Kier alpha value is -4.25. The summed E-state index contributed by atoms with van der Waals surface area (Å²) in [4.78, 5) is 47.4. The molecule has 0 saturated heterocycles. The molecule has 54 heavy (non-hydrogen) atoms. The molecule has 4 rings (SSSR count). The van der Waals surface area contributed by atoms with Gasteiger partial charge in [0.2, 0.25) is 15.9 Å². The molecule has 14 nitrogen and oxygen atoms in total. The van der Waals surface area contributed by atoms with Crippen molar-refractivity contribution in [3.05, 3.63) is 57.2 Å². The second-order valence-electron chi connectivity index (χ2n) is 11.9. The van der Waals surface area contributed by atoms with Crippen molar-refractivity contribution in [2.75, 3.05) is 32.7 Å². The number of carboxylic acid groups (broad SMARTS) is 2. The third-order valence-electron chi connectivity index (χ3n) is 7.92. The van der Waals surface area contributed by atoms with E-state index in [0.717, 1.165) is 65.7 Å². The van der Waals surface area contributed by atoms with Crippen LogP contribution in [0, 0.1) is 0 Å². The number of aromatic amines is 1. The molecule has 302 valence electrons. The Bertz CT molecular complexity index is 1820. The molecule has 1 saturated carbocycles. The summed E-state index contributed by atoms with van der Waals surface area (Å²) in [6, 6.07) is 10.3. The lowest BCUT2D eigenvalue weighted by atomic mass is 9.94. The number of aromatic hydroxyl groups is 1. The fraction of sp³-hybridized carbons (Fsp3) is 0.500. The number of alkyl halides is 6. The first-order valence-electron chi connectivity index (χ1n) is 16.4. The Morgan fingerprint density at radius 1 is 0.852 bits per heavy atom. The molecular formula is C32H41F6N5O9S2. The fourth-order valence-electron chi connectivity index (χ4n) is 5.26. The van der Waals surface area contributed by atoms with Gasteiger partial charge in [0.05, 0.1) is 9.60 Å². The molecule has 1 aliphatic rings. The Balaban J connectivity index is 0.000000610. The summed E-state index contributed by atoms with van der Waals surface area (Å²) in [6.07, 6.45) is -2.67. The number of primary sulfonamides is 1. The minimum atomic E-state index is -5.08. The van der Waals surface area contributed by atoms with E-state index >= 15 is 0 Å². The number of thiazole rings is 1. The highest BCUT2D eigenvalue weighted by Crippen LogP contribution is 2.28. The molecule has 1 heterocycles. The zero-order chi connectivity index (χ0) is 40.7. The summed E-state index contributed by atoms with van der Waals surface area (Å²) >= 11 is 1.11. The number of carboxylic acids is 2. The van der Waals surface area contributed by atoms with Gasteiger partial charge in [-0.2, -0.15) is 26.3 Å². The van der Waals surface area contributed by atoms with Gasteiger partial charge in [-0.3, -0.25) is 9.59 Å².